The van der Waals surface area contributed by atoms with Crippen molar-refractivity contribution in [3.8, 4) is 0 Å². The highest BCUT2D eigenvalue weighted by Crippen LogP contribution is 2.18. The molecular formula is C18H16FN3OS. The van der Waals surface area contributed by atoms with Gasteiger partial charge in [-0.1, -0.05) is 42.1 Å². The van der Waals surface area contributed by atoms with Crippen LogP contribution in [0, 0.1) is 5.82 Å². The highest BCUT2D eigenvalue weighted by atomic mass is 32.2. The maximum absolute atomic E-state index is 13.0. The van der Waals surface area contributed by atoms with Crippen LogP contribution in [0.1, 0.15) is 5.56 Å². The minimum absolute atomic E-state index is 0.0810. The number of rotatable bonds is 6. The Morgan fingerprint density at radius 1 is 1.12 bits per heavy atom. The van der Waals surface area contributed by atoms with Crippen molar-refractivity contribution in [2.45, 2.75) is 11.7 Å². The van der Waals surface area contributed by atoms with Crippen LogP contribution in [0.3, 0.4) is 0 Å². The van der Waals surface area contributed by atoms with E-state index in [4.69, 9.17) is 0 Å². The molecule has 1 amide bonds. The minimum atomic E-state index is -0.253. The first-order chi connectivity index (χ1) is 11.7. The predicted octanol–water partition coefficient (Wildman–Crippen LogP) is 3.80. The van der Waals surface area contributed by atoms with Gasteiger partial charge in [0, 0.05) is 24.6 Å². The van der Waals surface area contributed by atoms with Crippen molar-refractivity contribution >= 4 is 23.4 Å². The highest BCUT2D eigenvalue weighted by Gasteiger charge is 2.08. The lowest BCUT2D eigenvalue weighted by molar-refractivity contribution is -0.113. The summed E-state index contributed by atoms with van der Waals surface area (Å²) in [6, 6.07) is 15.7. The van der Waals surface area contributed by atoms with E-state index >= 15 is 0 Å². The van der Waals surface area contributed by atoms with Crippen LogP contribution in [-0.4, -0.2) is 21.2 Å². The number of carbonyl (C=O) groups is 1. The van der Waals surface area contributed by atoms with Crippen LogP contribution < -0.4 is 5.32 Å². The second-order valence-electron chi connectivity index (χ2n) is 5.17. The number of imidazole rings is 1. The molecule has 0 aliphatic heterocycles. The van der Waals surface area contributed by atoms with Crippen molar-refractivity contribution in [1.29, 1.82) is 0 Å². The molecule has 0 unspecified atom stereocenters. The lowest BCUT2D eigenvalue weighted by Gasteiger charge is -2.08. The average Bonchev–Trinajstić information content (AvgIpc) is 3.03. The fraction of sp³-hybridized carbons (Fsp3) is 0.111. The maximum atomic E-state index is 13.0. The van der Waals surface area contributed by atoms with E-state index in [1.807, 2.05) is 41.1 Å². The molecule has 3 rings (SSSR count). The molecule has 6 heteroatoms. The van der Waals surface area contributed by atoms with Gasteiger partial charge in [-0.3, -0.25) is 4.79 Å². The summed E-state index contributed by atoms with van der Waals surface area (Å²) in [7, 11) is 0. The molecule has 0 bridgehead atoms. The Bertz CT molecular complexity index is 803. The standard InChI is InChI=1S/C18H16FN3OS/c19-15-8-6-14(7-9-15)12-22-11-10-20-18(22)24-13-17(23)21-16-4-2-1-3-5-16/h1-11H,12-13H2,(H,21,23). The number of anilines is 1. The Hall–Kier alpha value is -2.60. The number of hydrogen-bond acceptors (Lipinski definition) is 3. The summed E-state index contributed by atoms with van der Waals surface area (Å²) >= 11 is 1.37. The topological polar surface area (TPSA) is 46.9 Å². The van der Waals surface area contributed by atoms with E-state index < -0.39 is 0 Å². The number of thioether (sulfide) groups is 1. The largest absolute Gasteiger partial charge is 0.325 e. The molecule has 0 saturated heterocycles. The molecule has 3 aromatic rings. The monoisotopic (exact) mass is 341 g/mol. The van der Waals surface area contributed by atoms with Crippen molar-refractivity contribution < 1.29 is 9.18 Å². The molecule has 0 spiro atoms. The molecule has 0 radical (unpaired) electrons. The first-order valence-electron chi connectivity index (χ1n) is 7.44. The first kappa shape index (κ1) is 16.3. The Balaban J connectivity index is 1.57. The molecule has 0 fully saturated rings. The van der Waals surface area contributed by atoms with Crippen molar-refractivity contribution in [1.82, 2.24) is 9.55 Å². The zero-order chi connectivity index (χ0) is 16.8. The van der Waals surface area contributed by atoms with Gasteiger partial charge in [-0.2, -0.15) is 0 Å². The van der Waals surface area contributed by atoms with Crippen molar-refractivity contribution in [3.05, 3.63) is 78.4 Å². The zero-order valence-electron chi connectivity index (χ0n) is 12.9. The van der Waals surface area contributed by atoms with Gasteiger partial charge < -0.3 is 9.88 Å². The Morgan fingerprint density at radius 3 is 2.62 bits per heavy atom. The van der Waals surface area contributed by atoms with Gasteiger partial charge in [0.2, 0.25) is 5.91 Å². The SMILES string of the molecule is O=C(CSc1nccn1Cc1ccc(F)cc1)Nc1ccccc1. The van der Waals surface area contributed by atoms with Crippen LogP contribution in [0.4, 0.5) is 10.1 Å². The van der Waals surface area contributed by atoms with Crippen LogP contribution in [0.15, 0.2) is 72.1 Å². The van der Waals surface area contributed by atoms with Crippen LogP contribution in [-0.2, 0) is 11.3 Å². The zero-order valence-corrected chi connectivity index (χ0v) is 13.7. The third-order valence-electron chi connectivity index (χ3n) is 3.33. The van der Waals surface area contributed by atoms with Gasteiger partial charge in [0.05, 0.1) is 5.75 Å². The fourth-order valence-corrected chi connectivity index (χ4v) is 2.95. The summed E-state index contributed by atoms with van der Waals surface area (Å²) in [4.78, 5) is 16.3. The lowest BCUT2D eigenvalue weighted by atomic mass is 10.2. The summed E-state index contributed by atoms with van der Waals surface area (Å²) < 4.78 is 14.9. The number of hydrogen-bond donors (Lipinski definition) is 1. The first-order valence-corrected chi connectivity index (χ1v) is 8.42. The van der Waals surface area contributed by atoms with E-state index in [0.717, 1.165) is 16.4 Å². The molecule has 2 aromatic carbocycles. The lowest BCUT2D eigenvalue weighted by Crippen LogP contribution is -2.14. The second kappa shape index (κ2) is 7.79. The van der Waals surface area contributed by atoms with E-state index in [1.165, 1.54) is 23.9 Å². The number of para-hydroxylation sites is 1. The molecule has 0 aliphatic rings. The van der Waals surface area contributed by atoms with E-state index in [-0.39, 0.29) is 17.5 Å². The van der Waals surface area contributed by atoms with Crippen LogP contribution in [0.25, 0.3) is 0 Å². The van der Waals surface area contributed by atoms with Gasteiger partial charge in [-0.05, 0) is 29.8 Å². The minimum Gasteiger partial charge on any atom is -0.325 e. The molecular weight excluding hydrogens is 325 g/mol. The molecule has 1 N–H and O–H groups in total. The van der Waals surface area contributed by atoms with Gasteiger partial charge in [-0.15, -0.1) is 0 Å². The molecule has 0 saturated carbocycles. The predicted molar refractivity (Wildman–Crippen MR) is 93.5 cm³/mol. The Labute approximate surface area is 143 Å². The number of amides is 1. The van der Waals surface area contributed by atoms with Crippen LogP contribution in [0.5, 0.6) is 0 Å². The Kier molecular flexibility index (Phi) is 5.28. The van der Waals surface area contributed by atoms with Crippen LogP contribution in [0.2, 0.25) is 0 Å². The average molecular weight is 341 g/mol. The smallest absolute Gasteiger partial charge is 0.234 e. The van der Waals surface area contributed by atoms with Crippen molar-refractivity contribution in [2.75, 3.05) is 11.1 Å². The summed E-state index contributed by atoms with van der Waals surface area (Å²) in [5.41, 5.74) is 1.75. The van der Waals surface area contributed by atoms with Gasteiger partial charge in [-0.25, -0.2) is 9.37 Å². The van der Waals surface area contributed by atoms with Gasteiger partial charge in [0.1, 0.15) is 5.82 Å². The second-order valence-corrected chi connectivity index (χ2v) is 6.11. The fourth-order valence-electron chi connectivity index (χ4n) is 2.19. The molecule has 0 aliphatic carbocycles. The molecule has 24 heavy (non-hydrogen) atoms. The van der Waals surface area contributed by atoms with Gasteiger partial charge in [0.25, 0.3) is 0 Å². The van der Waals surface area contributed by atoms with E-state index in [1.54, 1.807) is 18.3 Å². The van der Waals surface area contributed by atoms with E-state index in [9.17, 15) is 9.18 Å². The summed E-state index contributed by atoms with van der Waals surface area (Å²) in [5.74, 6) is -0.0610. The normalized spacial score (nSPS) is 10.5. The van der Waals surface area contributed by atoms with Gasteiger partial charge in [0.15, 0.2) is 5.16 Å². The number of aromatic nitrogens is 2. The summed E-state index contributed by atoms with van der Waals surface area (Å²) in [5, 5.41) is 3.59. The maximum Gasteiger partial charge on any atom is 0.234 e. The molecule has 1 heterocycles. The molecule has 122 valence electrons. The van der Waals surface area contributed by atoms with Crippen LogP contribution >= 0.6 is 11.8 Å². The number of nitrogens with zero attached hydrogens (tertiary/aromatic N) is 2. The van der Waals surface area contributed by atoms with Crippen molar-refractivity contribution in [3.63, 3.8) is 0 Å². The third-order valence-corrected chi connectivity index (χ3v) is 4.34. The summed E-state index contributed by atoms with van der Waals surface area (Å²) in [6.07, 6.45) is 3.54. The number of benzene rings is 2. The van der Waals surface area contributed by atoms with Crippen molar-refractivity contribution in [2.24, 2.45) is 0 Å². The molecule has 1 aromatic heterocycles. The van der Waals surface area contributed by atoms with Gasteiger partial charge >= 0.3 is 0 Å². The van der Waals surface area contributed by atoms with E-state index in [0.29, 0.717) is 6.54 Å². The molecule has 0 atom stereocenters. The highest BCUT2D eigenvalue weighted by molar-refractivity contribution is 7.99. The quantitative estimate of drug-likeness (QED) is 0.694. The number of nitrogens with one attached hydrogen (secondary N) is 1. The third kappa shape index (κ3) is 4.45. The number of carbonyl (C=O) groups excluding carboxylic acids is 1. The molecule has 4 nitrogen and oxygen atoms in total. The summed E-state index contributed by atoms with van der Waals surface area (Å²) in [6.45, 7) is 0.586. The van der Waals surface area contributed by atoms with E-state index in [2.05, 4.69) is 10.3 Å². The number of halogens is 1. The Morgan fingerprint density at radius 2 is 1.88 bits per heavy atom.